The lowest BCUT2D eigenvalue weighted by Crippen LogP contribution is -2.39. The molecule has 1 aliphatic carbocycles. The molecule has 0 bridgehead atoms. The zero-order valence-corrected chi connectivity index (χ0v) is 11.9. The van der Waals surface area contributed by atoms with Gasteiger partial charge in [-0.3, -0.25) is 0 Å². The van der Waals surface area contributed by atoms with E-state index in [0.717, 1.165) is 44.6 Å². The molecule has 5 nitrogen and oxygen atoms in total. The number of hydrogen-bond donors (Lipinski definition) is 1. The number of nitrogens with zero attached hydrogens (tertiary/aromatic N) is 1. The summed E-state index contributed by atoms with van der Waals surface area (Å²) < 4.78 is 16.8. The Bertz CT molecular complexity index is 419. The topological polar surface area (TPSA) is 52.6 Å². The third kappa shape index (κ3) is 3.04. The number of nitrogens with one attached hydrogen (secondary N) is 1. The minimum absolute atomic E-state index is 0.282. The minimum atomic E-state index is -0.282. The molecule has 20 heavy (non-hydrogen) atoms. The Balaban J connectivity index is 1.51. The molecular weight excluding hydrogens is 256 g/mol. The van der Waals surface area contributed by atoms with E-state index in [9.17, 15) is 0 Å². The van der Waals surface area contributed by atoms with Crippen LogP contribution in [0.4, 0.5) is 5.69 Å². The Hall–Kier alpha value is -1.33. The van der Waals surface area contributed by atoms with Gasteiger partial charge in [-0.2, -0.15) is 0 Å². The van der Waals surface area contributed by atoms with Crippen LogP contribution in [0.3, 0.4) is 0 Å². The van der Waals surface area contributed by atoms with Crippen LogP contribution in [0.1, 0.15) is 32.6 Å². The summed E-state index contributed by atoms with van der Waals surface area (Å²) in [6.45, 7) is 4.07. The monoisotopic (exact) mass is 278 g/mol. The normalized spacial score (nSPS) is 22.1. The predicted octanol–water partition coefficient (Wildman–Crippen LogP) is 2.58. The van der Waals surface area contributed by atoms with Gasteiger partial charge in [0.05, 0.1) is 31.7 Å². The number of pyridine rings is 1. The first-order valence-corrected chi connectivity index (χ1v) is 7.43. The highest BCUT2D eigenvalue weighted by atomic mass is 16.7. The summed E-state index contributed by atoms with van der Waals surface area (Å²) in [5.41, 5.74) is 1.04. The van der Waals surface area contributed by atoms with E-state index in [4.69, 9.17) is 14.2 Å². The molecule has 1 aromatic rings. The molecule has 2 heterocycles. The van der Waals surface area contributed by atoms with Crippen molar-refractivity contribution in [3.63, 3.8) is 0 Å². The van der Waals surface area contributed by atoms with Crippen LogP contribution in [0.5, 0.6) is 5.88 Å². The van der Waals surface area contributed by atoms with Crippen LogP contribution in [0.15, 0.2) is 18.3 Å². The van der Waals surface area contributed by atoms with Gasteiger partial charge in [-0.05, 0) is 25.8 Å². The minimum Gasteiger partial charge on any atom is -0.478 e. The number of aromatic nitrogens is 1. The summed E-state index contributed by atoms with van der Waals surface area (Å²) in [5.74, 6) is 0.392. The summed E-state index contributed by atoms with van der Waals surface area (Å²) in [7, 11) is 0. The molecule has 1 aromatic heterocycles. The van der Waals surface area contributed by atoms with Crippen LogP contribution >= 0.6 is 0 Å². The first kappa shape index (κ1) is 13.6. The maximum absolute atomic E-state index is 5.74. The predicted molar refractivity (Wildman–Crippen MR) is 75.9 cm³/mol. The van der Waals surface area contributed by atoms with E-state index in [1.807, 2.05) is 25.3 Å². The smallest absolute Gasteiger partial charge is 0.213 e. The van der Waals surface area contributed by atoms with Crippen molar-refractivity contribution in [3.8, 4) is 5.88 Å². The van der Waals surface area contributed by atoms with Crippen molar-refractivity contribution < 1.29 is 14.2 Å². The second kappa shape index (κ2) is 5.97. The molecule has 3 rings (SSSR count). The lowest BCUT2D eigenvalue weighted by atomic mass is 9.90. The Labute approximate surface area is 119 Å². The second-order valence-electron chi connectivity index (χ2n) is 5.34. The van der Waals surface area contributed by atoms with Gasteiger partial charge in [-0.1, -0.05) is 0 Å². The molecule has 0 amide bonds. The van der Waals surface area contributed by atoms with Crippen LogP contribution in [0, 0.1) is 0 Å². The zero-order chi connectivity index (χ0) is 13.8. The van der Waals surface area contributed by atoms with Crippen molar-refractivity contribution in [3.05, 3.63) is 18.3 Å². The maximum atomic E-state index is 5.74. The van der Waals surface area contributed by atoms with E-state index < -0.39 is 0 Å². The molecule has 0 atom stereocenters. The molecule has 1 N–H and O–H groups in total. The van der Waals surface area contributed by atoms with Gasteiger partial charge in [0.1, 0.15) is 0 Å². The molecule has 0 aromatic carbocycles. The maximum Gasteiger partial charge on any atom is 0.213 e. The van der Waals surface area contributed by atoms with Crippen molar-refractivity contribution in [2.24, 2.45) is 0 Å². The Morgan fingerprint density at radius 3 is 2.65 bits per heavy atom. The van der Waals surface area contributed by atoms with E-state index in [-0.39, 0.29) is 5.79 Å². The molecule has 5 heteroatoms. The SMILES string of the molecule is CCOc1ccc(NC2CCC3(CC2)OCCO3)cn1. The van der Waals surface area contributed by atoms with Gasteiger partial charge < -0.3 is 19.5 Å². The molecule has 0 unspecified atom stereocenters. The Morgan fingerprint density at radius 2 is 2.05 bits per heavy atom. The van der Waals surface area contributed by atoms with Gasteiger partial charge in [0.25, 0.3) is 0 Å². The van der Waals surface area contributed by atoms with Crippen molar-refractivity contribution in [2.45, 2.75) is 44.4 Å². The van der Waals surface area contributed by atoms with E-state index in [1.165, 1.54) is 0 Å². The standard InChI is InChI=1S/C15H22N2O3/c1-2-18-14-4-3-13(11-16-14)17-12-5-7-15(8-6-12)19-9-10-20-15/h3-4,11-12,17H,2,5-10H2,1H3. The largest absolute Gasteiger partial charge is 0.478 e. The highest BCUT2D eigenvalue weighted by molar-refractivity contribution is 5.43. The van der Waals surface area contributed by atoms with Crippen LogP contribution < -0.4 is 10.1 Å². The summed E-state index contributed by atoms with van der Waals surface area (Å²) in [5, 5.41) is 3.53. The van der Waals surface area contributed by atoms with Crippen LogP contribution in [0.2, 0.25) is 0 Å². The quantitative estimate of drug-likeness (QED) is 0.917. The zero-order valence-electron chi connectivity index (χ0n) is 11.9. The fourth-order valence-electron chi connectivity index (χ4n) is 2.92. The lowest BCUT2D eigenvalue weighted by molar-refractivity contribution is -0.177. The van der Waals surface area contributed by atoms with Crippen LogP contribution in [-0.4, -0.2) is 36.6 Å². The molecule has 1 spiro atoms. The summed E-state index contributed by atoms with van der Waals surface area (Å²) in [6, 6.07) is 4.39. The molecule has 0 radical (unpaired) electrons. The number of ether oxygens (including phenoxy) is 3. The van der Waals surface area contributed by atoms with Gasteiger partial charge >= 0.3 is 0 Å². The highest BCUT2D eigenvalue weighted by Crippen LogP contribution is 2.36. The van der Waals surface area contributed by atoms with Gasteiger partial charge in [-0.25, -0.2) is 4.98 Å². The van der Waals surface area contributed by atoms with Crippen LogP contribution in [0.25, 0.3) is 0 Å². The number of anilines is 1. The van der Waals surface area contributed by atoms with E-state index in [0.29, 0.717) is 18.5 Å². The van der Waals surface area contributed by atoms with Crippen molar-refractivity contribution in [1.82, 2.24) is 4.98 Å². The second-order valence-corrected chi connectivity index (χ2v) is 5.34. The van der Waals surface area contributed by atoms with Crippen molar-refractivity contribution in [1.29, 1.82) is 0 Å². The van der Waals surface area contributed by atoms with E-state index in [2.05, 4.69) is 10.3 Å². The molecular formula is C15H22N2O3. The highest BCUT2D eigenvalue weighted by Gasteiger charge is 2.40. The van der Waals surface area contributed by atoms with Gasteiger partial charge in [-0.15, -0.1) is 0 Å². The molecule has 2 aliphatic rings. The van der Waals surface area contributed by atoms with Gasteiger partial charge in [0.2, 0.25) is 5.88 Å². The first-order chi connectivity index (χ1) is 9.80. The van der Waals surface area contributed by atoms with Gasteiger partial charge in [0, 0.05) is 24.9 Å². The number of rotatable bonds is 4. The first-order valence-electron chi connectivity index (χ1n) is 7.43. The average Bonchev–Trinajstić information content (AvgIpc) is 2.93. The lowest BCUT2D eigenvalue weighted by Gasteiger charge is -2.35. The third-order valence-corrected chi connectivity index (χ3v) is 3.96. The van der Waals surface area contributed by atoms with E-state index in [1.54, 1.807) is 0 Å². The molecule has 2 fully saturated rings. The molecule has 1 saturated heterocycles. The molecule has 110 valence electrons. The Kier molecular flexibility index (Phi) is 4.08. The molecule has 1 aliphatic heterocycles. The summed E-state index contributed by atoms with van der Waals surface area (Å²) >= 11 is 0. The fraction of sp³-hybridized carbons (Fsp3) is 0.667. The third-order valence-electron chi connectivity index (χ3n) is 3.96. The average molecular weight is 278 g/mol. The fourth-order valence-corrected chi connectivity index (χ4v) is 2.92. The molecule has 1 saturated carbocycles. The van der Waals surface area contributed by atoms with Crippen molar-refractivity contribution >= 4 is 5.69 Å². The summed E-state index contributed by atoms with van der Waals surface area (Å²) in [6.07, 6.45) is 5.89. The summed E-state index contributed by atoms with van der Waals surface area (Å²) in [4.78, 5) is 4.27. The van der Waals surface area contributed by atoms with Crippen LogP contribution in [-0.2, 0) is 9.47 Å². The number of hydrogen-bond acceptors (Lipinski definition) is 5. The van der Waals surface area contributed by atoms with Gasteiger partial charge in [0.15, 0.2) is 5.79 Å². The Morgan fingerprint density at radius 1 is 1.30 bits per heavy atom. The van der Waals surface area contributed by atoms with Crippen molar-refractivity contribution in [2.75, 3.05) is 25.1 Å². The van der Waals surface area contributed by atoms with E-state index >= 15 is 0 Å².